The number of aromatic amines is 1. The highest BCUT2D eigenvalue weighted by atomic mass is 19.4. The van der Waals surface area contributed by atoms with E-state index >= 15 is 0 Å². The molecule has 0 saturated carbocycles. The Labute approximate surface area is 177 Å². The summed E-state index contributed by atoms with van der Waals surface area (Å²) in [6.07, 6.45) is -4.46. The highest BCUT2D eigenvalue weighted by Gasteiger charge is 2.39. The Morgan fingerprint density at radius 3 is 2.58 bits per heavy atom. The van der Waals surface area contributed by atoms with E-state index in [0.29, 0.717) is 17.5 Å². The van der Waals surface area contributed by atoms with Gasteiger partial charge in [-0.05, 0) is 44.0 Å². The third kappa shape index (κ3) is 5.50. The van der Waals surface area contributed by atoms with Crippen LogP contribution in [0.3, 0.4) is 0 Å². The van der Waals surface area contributed by atoms with Crippen molar-refractivity contribution in [3.63, 3.8) is 0 Å². The molecule has 0 fully saturated rings. The van der Waals surface area contributed by atoms with E-state index in [-0.39, 0.29) is 18.6 Å². The van der Waals surface area contributed by atoms with Crippen molar-refractivity contribution in [2.24, 2.45) is 5.16 Å². The summed E-state index contributed by atoms with van der Waals surface area (Å²) in [6.45, 7) is 4.14. The van der Waals surface area contributed by atoms with E-state index in [1.807, 2.05) is 19.9 Å². The standard InChI is InChI=1S/C21H23F3N4O3/c1-12-8-14(16-10-20(3,31-28-16)18-9-13(2)26-27-18)4-5-15(12)17(29)6-7-19(30)25-11-21(22,23)24/h4-5,8-9H,6-7,10-11H2,1-3H3,(H,25,30)(H,26,27). The van der Waals surface area contributed by atoms with Crippen molar-refractivity contribution >= 4 is 17.4 Å². The van der Waals surface area contributed by atoms with E-state index in [2.05, 4.69) is 15.4 Å². The van der Waals surface area contributed by atoms with Gasteiger partial charge in [-0.3, -0.25) is 14.7 Å². The van der Waals surface area contributed by atoms with Crippen molar-refractivity contribution in [1.29, 1.82) is 0 Å². The average molecular weight is 436 g/mol. The first-order valence-corrected chi connectivity index (χ1v) is 9.72. The quantitative estimate of drug-likeness (QED) is 0.647. The number of H-pyrrole nitrogens is 1. The van der Waals surface area contributed by atoms with E-state index in [9.17, 15) is 22.8 Å². The molecule has 3 rings (SSSR count). The molecule has 0 spiro atoms. The number of alkyl halides is 3. The van der Waals surface area contributed by atoms with E-state index in [1.165, 1.54) is 0 Å². The SMILES string of the molecule is Cc1cc(C2(C)CC(c3ccc(C(=O)CCC(=O)NCC(F)(F)F)c(C)c3)=NO2)n[nH]1. The zero-order valence-electron chi connectivity index (χ0n) is 17.4. The molecule has 0 bridgehead atoms. The van der Waals surface area contributed by atoms with Crippen LogP contribution in [0.25, 0.3) is 0 Å². The van der Waals surface area contributed by atoms with Crippen LogP contribution in [-0.4, -0.2) is 40.3 Å². The maximum absolute atomic E-state index is 12.4. The van der Waals surface area contributed by atoms with Crippen LogP contribution in [0.2, 0.25) is 0 Å². The molecule has 2 heterocycles. The molecule has 2 N–H and O–H groups in total. The maximum Gasteiger partial charge on any atom is 0.405 e. The fraction of sp³-hybridized carbons (Fsp3) is 0.429. The number of ketones is 1. The first kappa shape index (κ1) is 22.5. The Kier molecular flexibility index (Phi) is 6.19. The van der Waals surface area contributed by atoms with Crippen LogP contribution in [0.4, 0.5) is 13.2 Å². The molecule has 0 aliphatic carbocycles. The van der Waals surface area contributed by atoms with Crippen LogP contribution in [0.1, 0.15) is 59.1 Å². The van der Waals surface area contributed by atoms with E-state index in [1.54, 1.807) is 30.4 Å². The molecule has 2 aromatic rings. The van der Waals surface area contributed by atoms with Gasteiger partial charge in [0.15, 0.2) is 11.4 Å². The van der Waals surface area contributed by atoms with Crippen molar-refractivity contribution < 1.29 is 27.6 Å². The monoisotopic (exact) mass is 436 g/mol. The molecule has 0 radical (unpaired) electrons. The molecule has 0 saturated heterocycles. The Balaban J connectivity index is 1.61. The van der Waals surface area contributed by atoms with Crippen LogP contribution < -0.4 is 5.32 Å². The number of halogens is 3. The first-order valence-electron chi connectivity index (χ1n) is 9.72. The number of hydrogen-bond acceptors (Lipinski definition) is 5. The number of oxime groups is 1. The predicted molar refractivity (Wildman–Crippen MR) is 107 cm³/mol. The fourth-order valence-electron chi connectivity index (χ4n) is 3.33. The van der Waals surface area contributed by atoms with Gasteiger partial charge in [-0.2, -0.15) is 18.3 Å². The highest BCUT2D eigenvalue weighted by molar-refractivity contribution is 6.04. The smallest absolute Gasteiger partial charge is 0.382 e. The largest absolute Gasteiger partial charge is 0.405 e. The van der Waals surface area contributed by atoms with Gasteiger partial charge in [0.2, 0.25) is 5.91 Å². The second-order valence-corrected chi connectivity index (χ2v) is 7.82. The van der Waals surface area contributed by atoms with Crippen LogP contribution >= 0.6 is 0 Å². The average Bonchev–Trinajstić information content (AvgIpc) is 3.31. The summed E-state index contributed by atoms with van der Waals surface area (Å²) in [5.74, 6) is -1.13. The number of amides is 1. The number of benzene rings is 1. The van der Waals surface area contributed by atoms with Gasteiger partial charge in [0.1, 0.15) is 12.2 Å². The minimum atomic E-state index is -4.48. The molecule has 1 aromatic carbocycles. The number of rotatable bonds is 7. The lowest BCUT2D eigenvalue weighted by molar-refractivity contribution is -0.138. The highest BCUT2D eigenvalue weighted by Crippen LogP contribution is 2.35. The molecule has 166 valence electrons. The Hall–Kier alpha value is -3.17. The van der Waals surface area contributed by atoms with Crippen LogP contribution in [-0.2, 0) is 15.2 Å². The molecule has 1 aromatic heterocycles. The summed E-state index contributed by atoms with van der Waals surface area (Å²) in [4.78, 5) is 29.6. The third-order valence-corrected chi connectivity index (χ3v) is 5.04. The lowest BCUT2D eigenvalue weighted by atomic mass is 9.91. The molecule has 10 heteroatoms. The van der Waals surface area contributed by atoms with Gasteiger partial charge in [-0.15, -0.1) is 0 Å². The molecular formula is C21H23F3N4O3. The number of aromatic nitrogens is 2. The fourth-order valence-corrected chi connectivity index (χ4v) is 3.33. The molecule has 31 heavy (non-hydrogen) atoms. The van der Waals surface area contributed by atoms with Gasteiger partial charge >= 0.3 is 6.18 Å². The lowest BCUT2D eigenvalue weighted by Gasteiger charge is -2.18. The predicted octanol–water partition coefficient (Wildman–Crippen LogP) is 3.71. The Morgan fingerprint density at radius 1 is 1.23 bits per heavy atom. The number of aryl methyl sites for hydroxylation is 2. The second-order valence-electron chi connectivity index (χ2n) is 7.82. The van der Waals surface area contributed by atoms with Crippen LogP contribution in [0.5, 0.6) is 0 Å². The minimum Gasteiger partial charge on any atom is -0.382 e. The van der Waals surface area contributed by atoms with Crippen LogP contribution in [0.15, 0.2) is 29.4 Å². The number of Topliss-reactive ketones (excluding diaryl/α,β-unsaturated/α-hetero) is 1. The summed E-state index contributed by atoms with van der Waals surface area (Å²) < 4.78 is 36.4. The first-order chi connectivity index (χ1) is 14.5. The lowest BCUT2D eigenvalue weighted by Crippen LogP contribution is -2.33. The van der Waals surface area contributed by atoms with Crippen LogP contribution in [0, 0.1) is 13.8 Å². The second kappa shape index (κ2) is 8.52. The van der Waals surface area contributed by atoms with Gasteiger partial charge in [0.25, 0.3) is 0 Å². The van der Waals surface area contributed by atoms with Crippen molar-refractivity contribution in [3.8, 4) is 0 Å². The number of nitrogens with one attached hydrogen (secondary N) is 2. The zero-order valence-corrected chi connectivity index (χ0v) is 17.4. The van der Waals surface area contributed by atoms with Crippen molar-refractivity contribution in [2.45, 2.75) is 51.8 Å². The third-order valence-electron chi connectivity index (χ3n) is 5.04. The van der Waals surface area contributed by atoms with E-state index in [0.717, 1.165) is 22.7 Å². The molecule has 1 aliphatic rings. The number of carbonyl (C=O) groups excluding carboxylic acids is 2. The molecule has 7 nitrogen and oxygen atoms in total. The van der Waals surface area contributed by atoms with Gasteiger partial charge in [0.05, 0.1) is 5.71 Å². The molecule has 1 aliphatic heterocycles. The summed E-state index contributed by atoms with van der Waals surface area (Å²) in [7, 11) is 0. The van der Waals surface area contributed by atoms with Crippen molar-refractivity contribution in [3.05, 3.63) is 52.3 Å². The zero-order chi connectivity index (χ0) is 22.8. The topological polar surface area (TPSA) is 96.4 Å². The van der Waals surface area contributed by atoms with Gasteiger partial charge in [-0.25, -0.2) is 0 Å². The normalized spacial score (nSPS) is 18.5. The molecular weight excluding hydrogens is 413 g/mol. The summed E-state index contributed by atoms with van der Waals surface area (Å²) >= 11 is 0. The summed E-state index contributed by atoms with van der Waals surface area (Å²) in [5, 5.41) is 13.1. The number of nitrogens with zero attached hydrogens (tertiary/aromatic N) is 2. The molecule has 1 unspecified atom stereocenters. The van der Waals surface area contributed by atoms with Gasteiger partial charge < -0.3 is 10.2 Å². The number of carbonyl (C=O) groups is 2. The molecule has 1 atom stereocenters. The van der Waals surface area contributed by atoms with E-state index in [4.69, 9.17) is 4.84 Å². The van der Waals surface area contributed by atoms with Gasteiger partial charge in [-0.1, -0.05) is 17.3 Å². The maximum atomic E-state index is 12.4. The summed E-state index contributed by atoms with van der Waals surface area (Å²) in [5.41, 5.74) is 3.59. The van der Waals surface area contributed by atoms with Gasteiger partial charge in [0, 0.05) is 30.5 Å². The summed E-state index contributed by atoms with van der Waals surface area (Å²) in [6, 6.07) is 7.09. The Morgan fingerprint density at radius 2 is 1.97 bits per heavy atom. The minimum absolute atomic E-state index is 0.176. The number of hydrogen-bond donors (Lipinski definition) is 2. The molecule has 1 amide bonds. The van der Waals surface area contributed by atoms with E-state index < -0.39 is 24.2 Å². The van der Waals surface area contributed by atoms with Crippen molar-refractivity contribution in [1.82, 2.24) is 15.5 Å². The Bertz CT molecular complexity index is 1030. The van der Waals surface area contributed by atoms with Crippen molar-refractivity contribution in [2.75, 3.05) is 6.54 Å².